The smallest absolute Gasteiger partial charge is 0.333 e. The Morgan fingerprint density at radius 2 is 2.08 bits per heavy atom. The molecule has 0 bridgehead atoms. The maximum absolute atomic E-state index is 12.5. The molecule has 0 aliphatic heterocycles. The van der Waals surface area contributed by atoms with E-state index in [-0.39, 0.29) is 11.5 Å². The Kier molecular flexibility index (Phi) is 4.68. The van der Waals surface area contributed by atoms with E-state index in [1.807, 2.05) is 17.5 Å². The molecule has 0 atom stereocenters. The van der Waals surface area contributed by atoms with Crippen LogP contribution < -0.4 is 4.73 Å². The van der Waals surface area contributed by atoms with Gasteiger partial charge in [0.15, 0.2) is 0 Å². The van der Waals surface area contributed by atoms with Gasteiger partial charge in [0.2, 0.25) is 0 Å². The summed E-state index contributed by atoms with van der Waals surface area (Å²) >= 11 is 4.92. The predicted molar refractivity (Wildman–Crippen MR) is 96.2 cm³/mol. The topological polar surface area (TPSA) is 83.0 Å². The van der Waals surface area contributed by atoms with E-state index in [4.69, 9.17) is 0 Å². The Morgan fingerprint density at radius 3 is 2.79 bits per heavy atom. The van der Waals surface area contributed by atoms with Gasteiger partial charge in [-0.3, -0.25) is 10.1 Å². The van der Waals surface area contributed by atoms with Crippen molar-refractivity contribution in [3.63, 3.8) is 0 Å². The van der Waals surface area contributed by atoms with Crippen LogP contribution in [0.5, 0.6) is 0 Å². The molecule has 2 heterocycles. The van der Waals surface area contributed by atoms with E-state index in [0.717, 1.165) is 9.35 Å². The highest BCUT2D eigenvalue weighted by molar-refractivity contribution is 9.10. The average molecular weight is 404 g/mol. The van der Waals surface area contributed by atoms with Crippen molar-refractivity contribution in [2.24, 2.45) is 0 Å². The van der Waals surface area contributed by atoms with Gasteiger partial charge in [-0.2, -0.15) is 0 Å². The van der Waals surface area contributed by atoms with E-state index in [1.54, 1.807) is 29.5 Å². The maximum Gasteiger partial charge on any atom is 0.333 e. The van der Waals surface area contributed by atoms with Crippen LogP contribution in [0.4, 0.5) is 5.69 Å². The standard InChI is InChI=1S/C16H10BrN3O3S/c17-12-9-15(24-10-12)5-4-13-6-7-18-16(19(13)21)11-2-1-3-14(8-11)20(22)23/h1-10H. The molecular weight excluding hydrogens is 394 g/mol. The van der Waals surface area contributed by atoms with Gasteiger partial charge < -0.3 is 5.21 Å². The van der Waals surface area contributed by atoms with Crippen molar-refractivity contribution in [2.45, 2.75) is 0 Å². The molecule has 3 rings (SSSR count). The monoisotopic (exact) mass is 403 g/mol. The molecule has 0 radical (unpaired) electrons. The van der Waals surface area contributed by atoms with E-state index in [9.17, 15) is 15.3 Å². The Morgan fingerprint density at radius 1 is 1.25 bits per heavy atom. The maximum atomic E-state index is 12.5. The molecule has 0 unspecified atom stereocenters. The largest absolute Gasteiger partial charge is 0.710 e. The minimum atomic E-state index is -0.503. The lowest BCUT2D eigenvalue weighted by atomic mass is 10.2. The van der Waals surface area contributed by atoms with Crippen LogP contribution in [0.3, 0.4) is 0 Å². The Labute approximate surface area is 149 Å². The molecule has 0 spiro atoms. The lowest BCUT2D eigenvalue weighted by Crippen LogP contribution is -2.33. The highest BCUT2D eigenvalue weighted by Gasteiger charge is 2.16. The van der Waals surface area contributed by atoms with Gasteiger partial charge in [-0.25, -0.2) is 4.73 Å². The van der Waals surface area contributed by atoms with Gasteiger partial charge in [0, 0.05) is 32.9 Å². The summed E-state index contributed by atoms with van der Waals surface area (Å²) in [6.45, 7) is 0. The molecule has 0 fully saturated rings. The molecule has 3 aromatic rings. The van der Waals surface area contributed by atoms with Crippen LogP contribution >= 0.6 is 27.3 Å². The first-order valence-corrected chi connectivity index (χ1v) is 8.47. The SMILES string of the molecule is O=[N+]([O-])c1cccc(-c2nccc(C=Cc3cc(Br)cs3)[n+]2[O-])c1. The normalized spacial score (nSPS) is 11.0. The van der Waals surface area contributed by atoms with Crippen LogP contribution in [-0.2, 0) is 0 Å². The van der Waals surface area contributed by atoms with E-state index < -0.39 is 4.92 Å². The summed E-state index contributed by atoms with van der Waals surface area (Å²) in [4.78, 5) is 15.4. The van der Waals surface area contributed by atoms with E-state index >= 15 is 0 Å². The molecule has 2 aromatic heterocycles. The van der Waals surface area contributed by atoms with Gasteiger partial charge in [0.1, 0.15) is 11.9 Å². The van der Waals surface area contributed by atoms with Crippen LogP contribution in [0.15, 0.2) is 52.4 Å². The fraction of sp³-hybridized carbons (Fsp3) is 0. The molecule has 0 aliphatic carbocycles. The predicted octanol–water partition coefficient (Wildman–Crippen LogP) is 4.28. The molecule has 0 saturated carbocycles. The average Bonchev–Trinajstić information content (AvgIpc) is 2.99. The fourth-order valence-electron chi connectivity index (χ4n) is 2.08. The van der Waals surface area contributed by atoms with Crippen molar-refractivity contribution in [2.75, 3.05) is 0 Å². The second-order valence-corrected chi connectivity index (χ2v) is 6.65. The van der Waals surface area contributed by atoms with Gasteiger partial charge in [-0.05, 0) is 45.2 Å². The Bertz CT molecular complexity index is 940. The third-order valence-electron chi connectivity index (χ3n) is 3.19. The number of hydrogen-bond donors (Lipinski definition) is 0. The molecule has 0 N–H and O–H groups in total. The number of aromatic nitrogens is 2. The van der Waals surface area contributed by atoms with Crippen molar-refractivity contribution in [1.29, 1.82) is 0 Å². The third kappa shape index (κ3) is 3.50. The number of non-ortho nitro benzene ring substituents is 1. The number of nitro benzene ring substituents is 1. The minimum absolute atomic E-state index is 0.0846. The number of halogens is 1. The number of nitrogens with zero attached hydrogens (tertiary/aromatic N) is 3. The fourth-order valence-corrected chi connectivity index (χ4v) is 3.42. The summed E-state index contributed by atoms with van der Waals surface area (Å²) in [6, 6.07) is 9.39. The van der Waals surface area contributed by atoms with Crippen molar-refractivity contribution in [1.82, 2.24) is 4.98 Å². The molecular formula is C16H10BrN3O3S. The first kappa shape index (κ1) is 16.3. The Hall–Kier alpha value is -2.58. The molecule has 24 heavy (non-hydrogen) atoms. The highest BCUT2D eigenvalue weighted by atomic mass is 79.9. The second kappa shape index (κ2) is 6.90. The van der Waals surface area contributed by atoms with Crippen molar-refractivity contribution >= 4 is 45.1 Å². The lowest BCUT2D eigenvalue weighted by molar-refractivity contribution is -0.598. The van der Waals surface area contributed by atoms with Crippen LogP contribution in [0.25, 0.3) is 23.5 Å². The zero-order chi connectivity index (χ0) is 17.1. The lowest BCUT2D eigenvalue weighted by Gasteiger charge is -2.08. The van der Waals surface area contributed by atoms with Crippen LogP contribution in [-0.4, -0.2) is 9.91 Å². The summed E-state index contributed by atoms with van der Waals surface area (Å²) in [7, 11) is 0. The van der Waals surface area contributed by atoms with Gasteiger partial charge in [0.25, 0.3) is 5.69 Å². The number of nitro groups is 1. The first-order valence-electron chi connectivity index (χ1n) is 6.80. The van der Waals surface area contributed by atoms with Gasteiger partial charge in [0.05, 0.1) is 10.5 Å². The van der Waals surface area contributed by atoms with Gasteiger partial charge >= 0.3 is 5.82 Å². The zero-order valence-corrected chi connectivity index (χ0v) is 14.5. The summed E-state index contributed by atoms with van der Waals surface area (Å²) in [5, 5.41) is 25.3. The molecule has 0 saturated heterocycles. The summed E-state index contributed by atoms with van der Waals surface area (Å²) < 4.78 is 1.65. The first-order chi connectivity index (χ1) is 11.5. The van der Waals surface area contributed by atoms with Crippen molar-refractivity contribution < 1.29 is 9.65 Å². The number of rotatable bonds is 4. The minimum Gasteiger partial charge on any atom is -0.710 e. The van der Waals surface area contributed by atoms with Gasteiger partial charge in [-0.15, -0.1) is 11.3 Å². The third-order valence-corrected chi connectivity index (χ3v) is 4.85. The molecule has 1 aromatic carbocycles. The second-order valence-electron chi connectivity index (χ2n) is 4.80. The number of hydrogen-bond acceptors (Lipinski definition) is 5. The van der Waals surface area contributed by atoms with E-state index in [0.29, 0.717) is 16.0 Å². The number of benzene rings is 1. The van der Waals surface area contributed by atoms with Crippen molar-refractivity contribution in [3.05, 3.63) is 78.3 Å². The van der Waals surface area contributed by atoms with Crippen molar-refractivity contribution in [3.8, 4) is 11.4 Å². The van der Waals surface area contributed by atoms with Crippen LogP contribution in [0.1, 0.15) is 10.6 Å². The number of thiophene rings is 1. The highest BCUT2D eigenvalue weighted by Crippen LogP contribution is 2.22. The van der Waals surface area contributed by atoms with E-state index in [2.05, 4.69) is 20.9 Å². The molecule has 8 heteroatoms. The summed E-state index contributed by atoms with van der Waals surface area (Å²) in [5.74, 6) is 0.119. The molecule has 120 valence electrons. The van der Waals surface area contributed by atoms with E-state index in [1.165, 1.54) is 24.4 Å². The van der Waals surface area contributed by atoms with Crippen LogP contribution in [0.2, 0.25) is 0 Å². The molecule has 0 aliphatic rings. The quantitative estimate of drug-likeness (QED) is 0.281. The van der Waals surface area contributed by atoms with Gasteiger partial charge in [-0.1, -0.05) is 6.07 Å². The Balaban J connectivity index is 1.98. The summed E-state index contributed by atoms with van der Waals surface area (Å²) in [6.07, 6.45) is 5.02. The zero-order valence-electron chi connectivity index (χ0n) is 12.1. The van der Waals surface area contributed by atoms with Crippen LogP contribution in [0, 0.1) is 15.3 Å². The molecule has 0 amide bonds. The summed E-state index contributed by atoms with van der Waals surface area (Å²) in [5.41, 5.74) is 0.711. The molecule has 6 nitrogen and oxygen atoms in total.